The summed E-state index contributed by atoms with van der Waals surface area (Å²) in [5.74, 6) is -0.383. The minimum absolute atomic E-state index is 0.0711. The molecule has 0 aliphatic heterocycles. The molecule has 4 nitrogen and oxygen atoms in total. The molecule has 7 heteroatoms. The Bertz CT molecular complexity index is 839. The van der Waals surface area contributed by atoms with Gasteiger partial charge in [-0.3, -0.25) is 0 Å². The number of rotatable bonds is 4. The highest BCUT2D eigenvalue weighted by molar-refractivity contribution is 7.92. The van der Waals surface area contributed by atoms with E-state index in [9.17, 15) is 8.42 Å². The van der Waals surface area contributed by atoms with Gasteiger partial charge in [0, 0.05) is 22.5 Å². The summed E-state index contributed by atoms with van der Waals surface area (Å²) in [6.07, 6.45) is 0. The number of halogens is 2. The van der Waals surface area contributed by atoms with Crippen molar-refractivity contribution in [3.05, 3.63) is 64.1 Å². The molecule has 2 aromatic rings. The summed E-state index contributed by atoms with van der Waals surface area (Å²) in [4.78, 5) is 0.194. The Morgan fingerprint density at radius 1 is 1.04 bits per heavy atom. The maximum Gasteiger partial charge on any atom is 0.183 e. The van der Waals surface area contributed by atoms with Crippen LogP contribution in [0.3, 0.4) is 0 Å². The molecule has 4 N–H and O–H groups in total. The largest absolute Gasteiger partial charge is 0.329 e. The zero-order chi connectivity index (χ0) is 16.8. The molecule has 1 fully saturated rings. The summed E-state index contributed by atoms with van der Waals surface area (Å²) in [6.45, 7) is 0.0711. The van der Waals surface area contributed by atoms with Crippen LogP contribution in [0.4, 0.5) is 0 Å². The molecule has 122 valence electrons. The van der Waals surface area contributed by atoms with E-state index < -0.39 is 20.6 Å². The van der Waals surface area contributed by atoms with Crippen molar-refractivity contribution in [3.63, 3.8) is 0 Å². The van der Waals surface area contributed by atoms with Crippen LogP contribution >= 0.6 is 23.2 Å². The van der Waals surface area contributed by atoms with Crippen LogP contribution in [-0.2, 0) is 9.84 Å². The second kappa shape index (κ2) is 5.76. The SMILES string of the molecule is NC[C@]1(N)[C@H](c2cccc(Cl)c2)[C@H]1S(=O)(=O)c1ccc(Cl)cc1. The minimum Gasteiger partial charge on any atom is -0.329 e. The molecule has 1 saturated carbocycles. The fourth-order valence-electron chi connectivity index (χ4n) is 3.09. The van der Waals surface area contributed by atoms with Crippen LogP contribution in [0, 0.1) is 0 Å². The van der Waals surface area contributed by atoms with Crippen LogP contribution in [0.15, 0.2) is 53.4 Å². The van der Waals surface area contributed by atoms with Crippen molar-refractivity contribution in [2.24, 2.45) is 11.5 Å². The summed E-state index contributed by atoms with van der Waals surface area (Å²) in [7, 11) is -3.62. The lowest BCUT2D eigenvalue weighted by atomic mass is 10.1. The van der Waals surface area contributed by atoms with Gasteiger partial charge in [0.05, 0.1) is 15.7 Å². The third-order valence-electron chi connectivity index (χ3n) is 4.34. The number of hydrogen-bond acceptors (Lipinski definition) is 4. The zero-order valence-corrected chi connectivity index (χ0v) is 14.4. The molecule has 23 heavy (non-hydrogen) atoms. The van der Waals surface area contributed by atoms with E-state index in [0.29, 0.717) is 10.0 Å². The summed E-state index contributed by atoms with van der Waals surface area (Å²) in [5, 5.41) is 0.236. The molecule has 0 saturated heterocycles. The predicted octanol–water partition coefficient (Wildman–Crippen LogP) is 2.59. The van der Waals surface area contributed by atoms with Crippen LogP contribution in [0.25, 0.3) is 0 Å². The third-order valence-corrected chi connectivity index (χ3v) is 7.14. The van der Waals surface area contributed by atoms with Crippen LogP contribution in [0.2, 0.25) is 10.0 Å². The molecule has 0 aromatic heterocycles. The molecular formula is C16H16Cl2N2O2S. The molecule has 3 rings (SSSR count). The molecule has 0 radical (unpaired) electrons. The molecule has 1 aliphatic rings. The summed E-state index contributed by atoms with van der Waals surface area (Å²) in [6, 6.07) is 13.1. The van der Waals surface area contributed by atoms with Gasteiger partial charge in [-0.15, -0.1) is 0 Å². The molecule has 0 amide bonds. The fourth-order valence-corrected chi connectivity index (χ4v) is 5.73. The van der Waals surface area contributed by atoms with Crippen molar-refractivity contribution in [2.45, 2.75) is 21.6 Å². The van der Waals surface area contributed by atoms with Gasteiger partial charge in [-0.05, 0) is 42.0 Å². The Morgan fingerprint density at radius 3 is 2.26 bits per heavy atom. The van der Waals surface area contributed by atoms with Gasteiger partial charge >= 0.3 is 0 Å². The van der Waals surface area contributed by atoms with Crippen molar-refractivity contribution in [2.75, 3.05) is 6.54 Å². The Balaban J connectivity index is 2.03. The van der Waals surface area contributed by atoms with Crippen molar-refractivity contribution >= 4 is 33.0 Å². The van der Waals surface area contributed by atoms with E-state index in [1.54, 1.807) is 30.3 Å². The third kappa shape index (κ3) is 2.77. The number of nitrogens with two attached hydrogens (primary N) is 2. The first-order valence-electron chi connectivity index (χ1n) is 7.04. The molecule has 0 heterocycles. The van der Waals surface area contributed by atoms with Gasteiger partial charge in [-0.2, -0.15) is 0 Å². The summed E-state index contributed by atoms with van der Waals surface area (Å²) < 4.78 is 25.9. The monoisotopic (exact) mass is 370 g/mol. The number of sulfone groups is 1. The van der Waals surface area contributed by atoms with E-state index >= 15 is 0 Å². The van der Waals surface area contributed by atoms with E-state index in [2.05, 4.69) is 0 Å². The van der Waals surface area contributed by atoms with Gasteiger partial charge in [0.1, 0.15) is 0 Å². The van der Waals surface area contributed by atoms with Gasteiger partial charge in [0.25, 0.3) is 0 Å². The van der Waals surface area contributed by atoms with Crippen molar-refractivity contribution in [3.8, 4) is 0 Å². The first kappa shape index (κ1) is 16.7. The Hall–Kier alpha value is -1.11. The maximum absolute atomic E-state index is 12.9. The standard InChI is InChI=1S/C16H16Cl2N2O2S/c17-11-4-6-13(7-5-11)23(21,22)15-14(16(15,20)9-19)10-2-1-3-12(18)8-10/h1-8,14-15H,9,19-20H2/t14-,15-,16+/m1/s1. The number of hydrogen-bond donors (Lipinski definition) is 2. The maximum atomic E-state index is 12.9. The lowest BCUT2D eigenvalue weighted by Crippen LogP contribution is -2.39. The second-order valence-electron chi connectivity index (χ2n) is 5.77. The molecule has 3 atom stereocenters. The highest BCUT2D eigenvalue weighted by Crippen LogP contribution is 2.55. The highest BCUT2D eigenvalue weighted by Gasteiger charge is 2.68. The first-order valence-corrected chi connectivity index (χ1v) is 9.35. The van der Waals surface area contributed by atoms with Gasteiger partial charge < -0.3 is 11.5 Å². The first-order chi connectivity index (χ1) is 10.8. The van der Waals surface area contributed by atoms with E-state index in [-0.39, 0.29) is 17.4 Å². The number of benzene rings is 2. The van der Waals surface area contributed by atoms with Gasteiger partial charge in [-0.25, -0.2) is 8.42 Å². The van der Waals surface area contributed by atoms with Gasteiger partial charge in [-0.1, -0.05) is 35.3 Å². The second-order valence-corrected chi connectivity index (χ2v) is 8.71. The van der Waals surface area contributed by atoms with E-state index in [1.165, 1.54) is 12.1 Å². The van der Waals surface area contributed by atoms with Crippen LogP contribution in [-0.4, -0.2) is 25.8 Å². The summed E-state index contributed by atoms with van der Waals surface area (Å²) in [5.41, 5.74) is 11.9. The van der Waals surface area contributed by atoms with E-state index in [4.69, 9.17) is 34.7 Å². The van der Waals surface area contributed by atoms with Crippen LogP contribution < -0.4 is 11.5 Å². The Morgan fingerprint density at radius 2 is 1.70 bits per heavy atom. The Kier molecular flexibility index (Phi) is 4.19. The molecule has 0 unspecified atom stereocenters. The topological polar surface area (TPSA) is 86.2 Å². The van der Waals surface area contributed by atoms with Crippen molar-refractivity contribution in [1.29, 1.82) is 0 Å². The minimum atomic E-state index is -3.62. The van der Waals surface area contributed by atoms with Gasteiger partial charge in [0.2, 0.25) is 0 Å². The van der Waals surface area contributed by atoms with Gasteiger partial charge in [0.15, 0.2) is 9.84 Å². The van der Waals surface area contributed by atoms with Crippen molar-refractivity contribution in [1.82, 2.24) is 0 Å². The normalized spacial score (nSPS) is 27.0. The van der Waals surface area contributed by atoms with Crippen molar-refractivity contribution < 1.29 is 8.42 Å². The molecular weight excluding hydrogens is 355 g/mol. The van der Waals surface area contributed by atoms with Crippen LogP contribution in [0.1, 0.15) is 11.5 Å². The predicted molar refractivity (Wildman–Crippen MR) is 92.6 cm³/mol. The molecule has 0 spiro atoms. The average molecular weight is 371 g/mol. The average Bonchev–Trinajstić information content (AvgIpc) is 3.15. The van der Waals surface area contributed by atoms with Crippen LogP contribution in [0.5, 0.6) is 0 Å². The Labute approximate surface area is 145 Å². The van der Waals surface area contributed by atoms with E-state index in [1.807, 2.05) is 6.07 Å². The zero-order valence-electron chi connectivity index (χ0n) is 12.1. The fraction of sp³-hybridized carbons (Fsp3) is 0.250. The summed E-state index contributed by atoms with van der Waals surface area (Å²) >= 11 is 11.8. The smallest absolute Gasteiger partial charge is 0.183 e. The lowest BCUT2D eigenvalue weighted by molar-refractivity contribution is 0.586. The van der Waals surface area contributed by atoms with E-state index in [0.717, 1.165) is 5.56 Å². The molecule has 2 aromatic carbocycles. The molecule has 0 bridgehead atoms. The molecule has 1 aliphatic carbocycles. The lowest BCUT2D eigenvalue weighted by Gasteiger charge is -2.09. The quantitative estimate of drug-likeness (QED) is 0.865. The highest BCUT2D eigenvalue weighted by atomic mass is 35.5.